The van der Waals surface area contributed by atoms with Gasteiger partial charge in [0.15, 0.2) is 5.60 Å². The predicted molar refractivity (Wildman–Crippen MR) is 85.2 cm³/mol. The molecule has 6 rings (SSSR count). The third kappa shape index (κ3) is 2.44. The summed E-state index contributed by atoms with van der Waals surface area (Å²) in [7, 11) is 0. The average Bonchev–Trinajstić information content (AvgIpc) is 3.19. The number of rotatable bonds is 5. The molecule has 1 aromatic heterocycles. The molecule has 1 saturated heterocycles. The molecule has 1 unspecified atom stereocenters. The van der Waals surface area contributed by atoms with E-state index in [9.17, 15) is 22.0 Å². The Morgan fingerprint density at radius 3 is 2.28 bits per heavy atom. The van der Waals surface area contributed by atoms with Crippen LogP contribution in [0, 0.1) is 17.0 Å². The Kier molecular flexibility index (Phi) is 3.47. The van der Waals surface area contributed by atoms with Crippen LogP contribution in [0.1, 0.15) is 30.4 Å². The molecule has 0 amide bonds. The highest BCUT2D eigenvalue weighted by atomic mass is 19.4. The van der Waals surface area contributed by atoms with Gasteiger partial charge in [0.25, 0.3) is 5.92 Å². The number of hydrogen-bond donors (Lipinski definition) is 0. The maximum Gasteiger partial charge on any atom is 0.408 e. The first kappa shape index (κ1) is 18.9. The Morgan fingerprint density at radius 1 is 1.07 bits per heavy atom. The first-order valence-corrected chi connectivity index (χ1v) is 8.99. The van der Waals surface area contributed by atoms with Gasteiger partial charge in [0, 0.05) is 28.7 Å². The number of hydrogen-bond acceptors (Lipinski definition) is 2. The van der Waals surface area contributed by atoms with Crippen LogP contribution in [0.4, 0.5) is 30.7 Å². The molecule has 2 heterocycles. The Bertz CT molecular complexity index is 973. The van der Waals surface area contributed by atoms with Gasteiger partial charge in [-0.05, 0) is 37.0 Å². The van der Waals surface area contributed by atoms with Gasteiger partial charge in [0.1, 0.15) is 18.2 Å². The fraction of sp³-hybridized carbons (Fsp3) is 0.526. The summed E-state index contributed by atoms with van der Waals surface area (Å²) in [5.41, 5.74) is -4.06. The summed E-state index contributed by atoms with van der Waals surface area (Å²) in [6, 6.07) is 2.44. The topological polar surface area (TPSA) is 30.4 Å². The number of epoxide rings is 1. The fourth-order valence-electron chi connectivity index (χ4n) is 5.16. The van der Waals surface area contributed by atoms with Gasteiger partial charge in [-0.15, -0.1) is 0 Å². The first-order valence-electron chi connectivity index (χ1n) is 8.99. The monoisotopic (exact) mass is 420 g/mol. The molecule has 10 heteroatoms. The minimum Gasteiger partial charge on any atom is -0.358 e. The highest BCUT2D eigenvalue weighted by Gasteiger charge is 2.85. The van der Waals surface area contributed by atoms with Crippen LogP contribution >= 0.6 is 0 Å². The van der Waals surface area contributed by atoms with Crippen molar-refractivity contribution < 1.29 is 35.5 Å². The summed E-state index contributed by atoms with van der Waals surface area (Å²) in [6.07, 6.45) is -1.73. The number of nitrogens with zero attached hydrogens (tertiary/aromatic N) is 2. The summed E-state index contributed by atoms with van der Waals surface area (Å²) < 4.78 is 102. The summed E-state index contributed by atoms with van der Waals surface area (Å²) in [5, 5.41) is 3.69. The third-order valence-electron chi connectivity index (χ3n) is 6.59. The van der Waals surface area contributed by atoms with E-state index in [0.717, 1.165) is 16.8 Å². The van der Waals surface area contributed by atoms with Gasteiger partial charge in [-0.3, -0.25) is 4.68 Å². The minimum atomic E-state index is -4.42. The lowest BCUT2D eigenvalue weighted by Gasteiger charge is -2.73. The average molecular weight is 420 g/mol. The zero-order valence-electron chi connectivity index (χ0n) is 14.9. The van der Waals surface area contributed by atoms with E-state index in [-0.39, 0.29) is 31.4 Å². The maximum absolute atomic E-state index is 15.5. The molecule has 1 aliphatic heterocycles. The number of alkyl halides is 5. The molecule has 4 aliphatic rings. The molecular formula is C19H15F7N2O. The Morgan fingerprint density at radius 2 is 1.72 bits per heavy atom. The van der Waals surface area contributed by atoms with Gasteiger partial charge in [-0.2, -0.15) is 18.3 Å². The third-order valence-corrected chi connectivity index (χ3v) is 6.59. The van der Waals surface area contributed by atoms with Crippen molar-refractivity contribution in [2.24, 2.45) is 5.41 Å². The second-order valence-electron chi connectivity index (χ2n) is 8.45. The molecule has 29 heavy (non-hydrogen) atoms. The quantitative estimate of drug-likeness (QED) is 0.518. The zero-order valence-corrected chi connectivity index (χ0v) is 14.9. The van der Waals surface area contributed by atoms with Crippen LogP contribution in [0.2, 0.25) is 0 Å². The van der Waals surface area contributed by atoms with Gasteiger partial charge >= 0.3 is 6.18 Å². The van der Waals surface area contributed by atoms with Crippen LogP contribution < -0.4 is 0 Å². The van der Waals surface area contributed by atoms with Gasteiger partial charge in [-0.25, -0.2) is 17.6 Å². The van der Waals surface area contributed by atoms with E-state index in [1.54, 1.807) is 0 Å². The fourth-order valence-corrected chi connectivity index (χ4v) is 5.16. The van der Waals surface area contributed by atoms with Crippen molar-refractivity contribution in [3.63, 3.8) is 0 Å². The molecular weight excluding hydrogens is 405 g/mol. The molecule has 1 aromatic carbocycles. The van der Waals surface area contributed by atoms with Crippen molar-refractivity contribution in [2.45, 2.75) is 48.9 Å². The molecule has 0 spiro atoms. The number of halogens is 7. The van der Waals surface area contributed by atoms with Gasteiger partial charge in [0.2, 0.25) is 0 Å². The predicted octanol–water partition coefficient (Wildman–Crippen LogP) is 4.71. The summed E-state index contributed by atoms with van der Waals surface area (Å²) >= 11 is 0. The highest BCUT2D eigenvalue weighted by Crippen LogP contribution is 2.81. The number of ether oxygens (including phenoxy) is 1. The highest BCUT2D eigenvalue weighted by molar-refractivity contribution is 5.43. The van der Waals surface area contributed by atoms with E-state index < -0.39 is 46.7 Å². The molecule has 0 N–H and O–H groups in total. The molecule has 1 atom stereocenters. The van der Waals surface area contributed by atoms with Crippen molar-refractivity contribution in [3.8, 4) is 0 Å². The van der Waals surface area contributed by atoms with Crippen molar-refractivity contribution in [1.82, 2.24) is 9.78 Å². The van der Waals surface area contributed by atoms with Crippen LogP contribution in [0.15, 0.2) is 30.6 Å². The zero-order chi connectivity index (χ0) is 20.9. The normalized spacial score (nSPS) is 33.2. The van der Waals surface area contributed by atoms with Crippen molar-refractivity contribution in [1.29, 1.82) is 0 Å². The van der Waals surface area contributed by atoms with Crippen LogP contribution in [0.5, 0.6) is 0 Å². The largest absolute Gasteiger partial charge is 0.408 e. The SMILES string of the molecule is Fc1ccc(C2(C(F)(F)C34CC(c5cnn(CC(F)(F)F)c5)(C3)C4)CO2)c(F)c1. The van der Waals surface area contributed by atoms with E-state index in [1.807, 2.05) is 0 Å². The van der Waals surface area contributed by atoms with E-state index in [2.05, 4.69) is 5.10 Å². The lowest BCUT2D eigenvalue weighted by molar-refractivity contribution is -0.306. The minimum absolute atomic E-state index is 0.0542. The van der Waals surface area contributed by atoms with Gasteiger partial charge in [0.05, 0.1) is 12.8 Å². The Hall–Kier alpha value is -2.10. The Labute approximate surface area is 160 Å². The molecule has 0 radical (unpaired) electrons. The number of benzene rings is 1. The van der Waals surface area contributed by atoms with Crippen LogP contribution in [-0.4, -0.2) is 28.5 Å². The van der Waals surface area contributed by atoms with Crippen molar-refractivity contribution >= 4 is 0 Å². The van der Waals surface area contributed by atoms with Gasteiger partial charge in [-0.1, -0.05) is 0 Å². The maximum atomic E-state index is 15.5. The molecule has 3 aliphatic carbocycles. The second kappa shape index (κ2) is 5.33. The van der Waals surface area contributed by atoms with Crippen molar-refractivity contribution in [2.75, 3.05) is 6.61 Å². The molecule has 156 valence electrons. The lowest BCUT2D eigenvalue weighted by Crippen LogP contribution is -2.73. The standard InChI is InChI=1S/C19H15F7N2O/c20-12-1-2-13(14(21)3-12)17(10-29-17)19(25,26)16-6-15(7-16,8-16)11-4-27-28(5-11)9-18(22,23)24/h1-5H,6-10H2. The molecule has 2 aromatic rings. The van der Waals surface area contributed by atoms with E-state index in [0.29, 0.717) is 11.6 Å². The lowest BCUT2D eigenvalue weighted by atomic mass is 9.31. The molecule has 3 saturated carbocycles. The van der Waals surface area contributed by atoms with Crippen LogP contribution in [-0.2, 0) is 22.3 Å². The summed E-state index contributed by atoms with van der Waals surface area (Å²) in [6.45, 7) is -1.62. The van der Waals surface area contributed by atoms with Crippen LogP contribution in [0.25, 0.3) is 0 Å². The van der Waals surface area contributed by atoms with Gasteiger partial charge < -0.3 is 4.74 Å². The second-order valence-corrected chi connectivity index (χ2v) is 8.45. The van der Waals surface area contributed by atoms with Crippen LogP contribution in [0.3, 0.4) is 0 Å². The van der Waals surface area contributed by atoms with E-state index >= 15 is 8.78 Å². The van der Waals surface area contributed by atoms with Crippen molar-refractivity contribution in [3.05, 3.63) is 53.4 Å². The van der Waals surface area contributed by atoms with E-state index in [1.165, 1.54) is 12.4 Å². The molecule has 2 bridgehead atoms. The molecule has 4 fully saturated rings. The summed E-state index contributed by atoms with van der Waals surface area (Å²) in [5.74, 6) is -5.36. The first-order chi connectivity index (χ1) is 13.4. The molecule has 3 nitrogen and oxygen atoms in total. The summed E-state index contributed by atoms with van der Waals surface area (Å²) in [4.78, 5) is 0. The Balaban J connectivity index is 1.37. The van der Waals surface area contributed by atoms with E-state index in [4.69, 9.17) is 4.74 Å². The smallest absolute Gasteiger partial charge is 0.358 e. The number of aromatic nitrogens is 2.